The third-order valence-electron chi connectivity index (χ3n) is 2.48. The number of hydrogen-bond donors (Lipinski definition) is 2. The minimum atomic E-state index is -1.07. The molecule has 1 heterocycles. The molecule has 0 unspecified atom stereocenters. The van der Waals surface area contributed by atoms with Crippen LogP contribution in [0.5, 0.6) is 5.75 Å². The number of methoxy groups -OCH3 is 1. The first kappa shape index (κ1) is 13.0. The van der Waals surface area contributed by atoms with Gasteiger partial charge >= 0.3 is 5.97 Å². The van der Waals surface area contributed by atoms with Crippen LogP contribution in [0, 0.1) is 11.6 Å². The van der Waals surface area contributed by atoms with Crippen LogP contribution in [-0.2, 0) is 11.2 Å². The topological polar surface area (TPSA) is 75.2 Å². The third kappa shape index (κ3) is 2.70. The van der Waals surface area contributed by atoms with Gasteiger partial charge in [-0.05, 0) is 6.07 Å². The highest BCUT2D eigenvalue weighted by molar-refractivity contribution is 5.69. The van der Waals surface area contributed by atoms with Crippen LogP contribution in [0.1, 0.15) is 5.82 Å². The van der Waals surface area contributed by atoms with Crippen LogP contribution in [0.4, 0.5) is 8.78 Å². The number of ether oxygens (including phenoxy) is 1. The summed E-state index contributed by atoms with van der Waals surface area (Å²) in [5.41, 5.74) is 0.165. The van der Waals surface area contributed by atoms with Crippen molar-refractivity contribution in [1.82, 2.24) is 9.97 Å². The van der Waals surface area contributed by atoms with Crippen molar-refractivity contribution in [1.29, 1.82) is 0 Å². The number of aromatic amines is 1. The first-order chi connectivity index (χ1) is 9.01. The molecule has 0 saturated heterocycles. The highest BCUT2D eigenvalue weighted by atomic mass is 19.1. The van der Waals surface area contributed by atoms with Gasteiger partial charge in [0.15, 0.2) is 11.6 Å². The van der Waals surface area contributed by atoms with Crippen LogP contribution in [0.15, 0.2) is 18.3 Å². The van der Waals surface area contributed by atoms with Crippen LogP contribution < -0.4 is 4.74 Å². The lowest BCUT2D eigenvalue weighted by Crippen LogP contribution is -2.01. The monoisotopic (exact) mass is 268 g/mol. The van der Waals surface area contributed by atoms with Gasteiger partial charge < -0.3 is 14.8 Å². The SMILES string of the molecule is COc1cc(F)c(-c2cnc(CC(=O)O)[nH]2)cc1F. The van der Waals surface area contributed by atoms with E-state index in [9.17, 15) is 13.6 Å². The molecule has 7 heteroatoms. The van der Waals surface area contributed by atoms with Gasteiger partial charge in [0.2, 0.25) is 0 Å². The molecule has 1 aromatic heterocycles. The molecule has 0 radical (unpaired) electrons. The summed E-state index contributed by atoms with van der Waals surface area (Å²) in [6.07, 6.45) is 0.933. The van der Waals surface area contributed by atoms with E-state index in [-0.39, 0.29) is 29.3 Å². The van der Waals surface area contributed by atoms with E-state index in [2.05, 4.69) is 14.7 Å². The Hall–Kier alpha value is -2.44. The fourth-order valence-electron chi connectivity index (χ4n) is 1.62. The van der Waals surface area contributed by atoms with E-state index in [4.69, 9.17) is 5.11 Å². The van der Waals surface area contributed by atoms with Gasteiger partial charge in [-0.2, -0.15) is 0 Å². The summed E-state index contributed by atoms with van der Waals surface area (Å²) < 4.78 is 31.9. The molecule has 0 aliphatic carbocycles. The standard InChI is InChI=1S/C12H10F2N2O3/c1-19-10-3-7(13)6(2-8(10)14)9-5-15-11(16-9)4-12(17)18/h2-3,5H,4H2,1H3,(H,15,16)(H,17,18). The largest absolute Gasteiger partial charge is 0.494 e. The third-order valence-corrected chi connectivity index (χ3v) is 2.48. The van der Waals surface area contributed by atoms with Crippen LogP contribution >= 0.6 is 0 Å². The van der Waals surface area contributed by atoms with Crippen molar-refractivity contribution in [3.8, 4) is 17.0 Å². The summed E-state index contributed by atoms with van der Waals surface area (Å²) in [6.45, 7) is 0. The minimum absolute atomic E-state index is 0.0394. The van der Waals surface area contributed by atoms with E-state index < -0.39 is 17.6 Å². The number of carboxylic acids is 1. The van der Waals surface area contributed by atoms with Crippen molar-refractivity contribution < 1.29 is 23.4 Å². The molecule has 0 aliphatic rings. The lowest BCUT2D eigenvalue weighted by atomic mass is 10.1. The maximum Gasteiger partial charge on any atom is 0.311 e. The second-order valence-corrected chi connectivity index (χ2v) is 3.78. The van der Waals surface area contributed by atoms with Gasteiger partial charge in [-0.15, -0.1) is 0 Å². The quantitative estimate of drug-likeness (QED) is 0.889. The molecule has 0 fully saturated rings. The highest BCUT2D eigenvalue weighted by Gasteiger charge is 2.14. The lowest BCUT2D eigenvalue weighted by Gasteiger charge is -2.05. The Balaban J connectivity index is 2.39. The molecule has 0 spiro atoms. The Morgan fingerprint density at radius 3 is 2.79 bits per heavy atom. The molecule has 2 aromatic rings. The molecule has 0 amide bonds. The highest BCUT2D eigenvalue weighted by Crippen LogP contribution is 2.27. The Bertz CT molecular complexity index is 625. The second-order valence-electron chi connectivity index (χ2n) is 3.78. The Morgan fingerprint density at radius 2 is 2.16 bits per heavy atom. The lowest BCUT2D eigenvalue weighted by molar-refractivity contribution is -0.136. The van der Waals surface area contributed by atoms with Crippen molar-refractivity contribution in [2.75, 3.05) is 7.11 Å². The maximum atomic E-state index is 13.8. The molecule has 100 valence electrons. The van der Waals surface area contributed by atoms with Gasteiger partial charge in [0.1, 0.15) is 18.1 Å². The van der Waals surface area contributed by atoms with Crippen molar-refractivity contribution in [3.05, 3.63) is 35.8 Å². The van der Waals surface area contributed by atoms with Crippen LogP contribution in [0.2, 0.25) is 0 Å². The molecule has 0 bridgehead atoms. The predicted octanol–water partition coefficient (Wildman–Crippen LogP) is 1.99. The van der Waals surface area contributed by atoms with Gasteiger partial charge in [0.25, 0.3) is 0 Å². The summed E-state index contributed by atoms with van der Waals surface area (Å²) in [5, 5.41) is 8.60. The summed E-state index contributed by atoms with van der Waals surface area (Å²) >= 11 is 0. The number of aliphatic carboxylic acids is 1. The van der Waals surface area contributed by atoms with Gasteiger partial charge in [0.05, 0.1) is 19.0 Å². The summed E-state index contributed by atoms with van der Waals surface area (Å²) in [6, 6.07) is 1.88. The summed E-state index contributed by atoms with van der Waals surface area (Å²) in [7, 11) is 1.23. The summed E-state index contributed by atoms with van der Waals surface area (Å²) in [5.74, 6) is -2.51. The number of carbonyl (C=O) groups is 1. The molecule has 1 aromatic carbocycles. The molecule has 19 heavy (non-hydrogen) atoms. The minimum Gasteiger partial charge on any atom is -0.494 e. The van der Waals surface area contributed by atoms with Crippen molar-refractivity contribution in [2.45, 2.75) is 6.42 Å². The van der Waals surface area contributed by atoms with E-state index >= 15 is 0 Å². The van der Waals surface area contributed by atoms with E-state index in [1.807, 2.05) is 0 Å². The van der Waals surface area contributed by atoms with Gasteiger partial charge in [-0.3, -0.25) is 4.79 Å². The molecule has 5 nitrogen and oxygen atoms in total. The molecular weight excluding hydrogens is 258 g/mol. The van der Waals surface area contributed by atoms with E-state index in [1.54, 1.807) is 0 Å². The predicted molar refractivity (Wildman–Crippen MR) is 61.8 cm³/mol. The van der Waals surface area contributed by atoms with Crippen LogP contribution in [0.3, 0.4) is 0 Å². The number of imidazole rings is 1. The van der Waals surface area contributed by atoms with Gasteiger partial charge in [0, 0.05) is 11.6 Å². The Kier molecular flexibility index (Phi) is 3.46. The number of H-pyrrole nitrogens is 1. The Labute approximate surface area is 106 Å². The number of rotatable bonds is 4. The van der Waals surface area contributed by atoms with Gasteiger partial charge in [-0.25, -0.2) is 13.8 Å². The van der Waals surface area contributed by atoms with Gasteiger partial charge in [-0.1, -0.05) is 0 Å². The fraction of sp³-hybridized carbons (Fsp3) is 0.167. The Morgan fingerprint density at radius 1 is 1.42 bits per heavy atom. The van der Waals surface area contributed by atoms with E-state index in [0.717, 1.165) is 12.1 Å². The first-order valence-corrected chi connectivity index (χ1v) is 5.30. The molecule has 2 rings (SSSR count). The molecule has 0 atom stereocenters. The number of nitrogens with one attached hydrogen (secondary N) is 1. The van der Waals surface area contributed by atoms with Crippen molar-refractivity contribution in [3.63, 3.8) is 0 Å². The second kappa shape index (κ2) is 5.05. The van der Waals surface area contributed by atoms with E-state index in [0.29, 0.717) is 0 Å². The fourth-order valence-corrected chi connectivity index (χ4v) is 1.62. The normalized spacial score (nSPS) is 10.5. The zero-order valence-electron chi connectivity index (χ0n) is 9.91. The average Bonchev–Trinajstić information content (AvgIpc) is 2.79. The number of carboxylic acid groups (broad SMARTS) is 1. The summed E-state index contributed by atoms with van der Waals surface area (Å²) in [4.78, 5) is 16.9. The molecule has 0 aliphatic heterocycles. The number of aromatic nitrogens is 2. The number of benzene rings is 1. The molecular formula is C12H10F2N2O3. The number of hydrogen-bond acceptors (Lipinski definition) is 3. The first-order valence-electron chi connectivity index (χ1n) is 5.30. The number of nitrogens with zero attached hydrogens (tertiary/aromatic N) is 1. The van der Waals surface area contributed by atoms with Crippen molar-refractivity contribution >= 4 is 5.97 Å². The smallest absolute Gasteiger partial charge is 0.311 e. The molecule has 2 N–H and O–H groups in total. The van der Waals surface area contributed by atoms with Crippen LogP contribution in [0.25, 0.3) is 11.3 Å². The molecule has 0 saturated carbocycles. The maximum absolute atomic E-state index is 13.8. The number of halogens is 2. The zero-order chi connectivity index (χ0) is 14.0. The van der Waals surface area contributed by atoms with Crippen molar-refractivity contribution in [2.24, 2.45) is 0 Å². The average molecular weight is 268 g/mol. The van der Waals surface area contributed by atoms with E-state index in [1.165, 1.54) is 13.3 Å². The van der Waals surface area contributed by atoms with Crippen LogP contribution in [-0.4, -0.2) is 28.2 Å². The zero-order valence-corrected chi connectivity index (χ0v) is 9.91.